The summed E-state index contributed by atoms with van der Waals surface area (Å²) in [6.45, 7) is 1.83. The lowest BCUT2D eigenvalue weighted by atomic mass is 10.1. The Morgan fingerprint density at radius 2 is 2.20 bits per heavy atom. The Balaban J connectivity index is 3.27. The van der Waals surface area contributed by atoms with Crippen LogP contribution in [0, 0.1) is 6.92 Å². The van der Waals surface area contributed by atoms with Gasteiger partial charge in [0.1, 0.15) is 6.29 Å². The van der Waals surface area contributed by atoms with Crippen LogP contribution in [0.1, 0.15) is 15.9 Å². The molecule has 0 saturated heterocycles. The maximum absolute atomic E-state index is 10.3. The number of rotatable bonds is 1. The third kappa shape index (κ3) is 1.19. The maximum atomic E-state index is 10.3. The lowest BCUT2D eigenvalue weighted by Gasteiger charge is -1.97. The lowest BCUT2D eigenvalue weighted by molar-refractivity contribution is 0.112. The van der Waals surface area contributed by atoms with E-state index in [2.05, 4.69) is 0 Å². The van der Waals surface area contributed by atoms with Crippen LogP contribution in [-0.4, -0.2) is 6.29 Å². The second kappa shape index (κ2) is 2.84. The molecule has 1 aromatic carbocycles. The number of halogens is 1. The monoisotopic (exact) mass is 154 g/mol. The highest BCUT2D eigenvalue weighted by atomic mass is 35.5. The number of carbonyl (C=O) groups is 1. The Kier molecular flexibility index (Phi) is 2.07. The third-order valence-corrected chi connectivity index (χ3v) is 1.85. The van der Waals surface area contributed by atoms with Crippen LogP contribution in [0.3, 0.4) is 0 Å². The fourth-order valence-corrected chi connectivity index (χ4v) is 0.934. The predicted molar refractivity (Wildman–Crippen MR) is 41.6 cm³/mol. The molecule has 0 bridgehead atoms. The van der Waals surface area contributed by atoms with Crippen molar-refractivity contribution in [1.29, 1.82) is 0 Å². The van der Waals surface area contributed by atoms with Gasteiger partial charge in [-0.25, -0.2) is 0 Å². The molecule has 0 N–H and O–H groups in total. The average molecular weight is 155 g/mol. The van der Waals surface area contributed by atoms with Gasteiger partial charge in [0.15, 0.2) is 0 Å². The van der Waals surface area contributed by atoms with Crippen LogP contribution in [0.25, 0.3) is 0 Å². The molecule has 0 fully saturated rings. The van der Waals surface area contributed by atoms with E-state index in [0.29, 0.717) is 10.6 Å². The Bertz CT molecular complexity index is 255. The van der Waals surface area contributed by atoms with Gasteiger partial charge >= 0.3 is 0 Å². The normalized spacial score (nSPS) is 9.40. The molecule has 10 heavy (non-hydrogen) atoms. The molecule has 0 aliphatic carbocycles. The van der Waals surface area contributed by atoms with Crippen LogP contribution in [0.5, 0.6) is 0 Å². The summed E-state index contributed by atoms with van der Waals surface area (Å²) in [4.78, 5) is 10.3. The fourth-order valence-electron chi connectivity index (χ4n) is 0.752. The van der Waals surface area contributed by atoms with E-state index in [1.54, 1.807) is 18.2 Å². The summed E-state index contributed by atoms with van der Waals surface area (Å²) in [7, 11) is 0. The van der Waals surface area contributed by atoms with E-state index in [1.165, 1.54) is 0 Å². The minimum Gasteiger partial charge on any atom is -0.298 e. The highest BCUT2D eigenvalue weighted by Crippen LogP contribution is 2.16. The summed E-state index contributed by atoms with van der Waals surface area (Å²) in [6.07, 6.45) is 0.807. The first-order chi connectivity index (χ1) is 4.75. The van der Waals surface area contributed by atoms with Crippen molar-refractivity contribution in [3.63, 3.8) is 0 Å². The molecule has 0 spiro atoms. The summed E-state index contributed by atoms with van der Waals surface area (Å²) in [5, 5.41) is 0.643. The van der Waals surface area contributed by atoms with E-state index in [9.17, 15) is 4.79 Å². The first kappa shape index (κ1) is 7.29. The fraction of sp³-hybridized carbons (Fsp3) is 0.125. The predicted octanol–water partition coefficient (Wildman–Crippen LogP) is 2.46. The van der Waals surface area contributed by atoms with E-state index >= 15 is 0 Å². The van der Waals surface area contributed by atoms with E-state index in [-0.39, 0.29) is 0 Å². The molecule has 0 saturated carbocycles. The highest BCUT2D eigenvalue weighted by molar-refractivity contribution is 6.31. The van der Waals surface area contributed by atoms with Crippen LogP contribution in [0.15, 0.2) is 18.2 Å². The molecule has 0 atom stereocenters. The first-order valence-electron chi connectivity index (χ1n) is 2.96. The molecular weight excluding hydrogens is 148 g/mol. The van der Waals surface area contributed by atoms with Gasteiger partial charge in [0, 0.05) is 10.6 Å². The van der Waals surface area contributed by atoms with E-state index in [1.807, 2.05) is 6.92 Å². The molecule has 0 radical (unpaired) electrons. The van der Waals surface area contributed by atoms with Crippen molar-refractivity contribution in [3.8, 4) is 0 Å². The maximum Gasteiger partial charge on any atom is 0.150 e. The van der Waals surface area contributed by atoms with Crippen molar-refractivity contribution < 1.29 is 4.79 Å². The second-order valence-electron chi connectivity index (χ2n) is 2.07. The zero-order chi connectivity index (χ0) is 7.56. The molecule has 0 aliphatic rings. The molecule has 0 aromatic heterocycles. The van der Waals surface area contributed by atoms with E-state index in [4.69, 9.17) is 11.6 Å². The SMILES string of the molecule is Cc1c(Cl)cccc1C=O. The summed E-state index contributed by atoms with van der Waals surface area (Å²) in [5.41, 5.74) is 1.51. The van der Waals surface area contributed by atoms with Gasteiger partial charge in [0.25, 0.3) is 0 Å². The molecule has 0 unspecified atom stereocenters. The molecule has 0 aliphatic heterocycles. The molecule has 1 nitrogen and oxygen atoms in total. The van der Waals surface area contributed by atoms with Gasteiger partial charge in [0.2, 0.25) is 0 Å². The molecule has 0 heterocycles. The summed E-state index contributed by atoms with van der Waals surface area (Å²) >= 11 is 5.73. The Morgan fingerprint density at radius 3 is 2.70 bits per heavy atom. The molecule has 52 valence electrons. The van der Waals surface area contributed by atoms with Crippen molar-refractivity contribution in [2.45, 2.75) is 6.92 Å². The minimum atomic E-state index is 0.643. The topological polar surface area (TPSA) is 17.1 Å². The van der Waals surface area contributed by atoms with Crippen LogP contribution in [0.4, 0.5) is 0 Å². The van der Waals surface area contributed by atoms with Gasteiger partial charge in [0.05, 0.1) is 0 Å². The molecule has 2 heteroatoms. The lowest BCUT2D eigenvalue weighted by Crippen LogP contribution is -1.85. The number of carbonyl (C=O) groups excluding carboxylic acids is 1. The largest absolute Gasteiger partial charge is 0.298 e. The van der Waals surface area contributed by atoms with Gasteiger partial charge < -0.3 is 0 Å². The average Bonchev–Trinajstić information content (AvgIpc) is 1.95. The van der Waals surface area contributed by atoms with Crippen molar-refractivity contribution in [1.82, 2.24) is 0 Å². The van der Waals surface area contributed by atoms with Crippen molar-refractivity contribution in [2.75, 3.05) is 0 Å². The van der Waals surface area contributed by atoms with Crippen LogP contribution >= 0.6 is 11.6 Å². The number of hydrogen-bond donors (Lipinski definition) is 0. The van der Waals surface area contributed by atoms with Gasteiger partial charge in [-0.2, -0.15) is 0 Å². The smallest absolute Gasteiger partial charge is 0.150 e. The van der Waals surface area contributed by atoms with Crippen LogP contribution < -0.4 is 0 Å². The molecule has 0 amide bonds. The highest BCUT2D eigenvalue weighted by Gasteiger charge is 1.98. The number of aldehydes is 1. The Labute approximate surface area is 64.6 Å². The zero-order valence-electron chi connectivity index (χ0n) is 5.60. The van der Waals surface area contributed by atoms with E-state index in [0.717, 1.165) is 11.8 Å². The van der Waals surface area contributed by atoms with Gasteiger partial charge in [-0.1, -0.05) is 23.7 Å². The summed E-state index contributed by atoms with van der Waals surface area (Å²) in [5.74, 6) is 0. The number of benzene rings is 1. The molecular formula is C8H7ClO. The molecule has 1 rings (SSSR count). The standard InChI is InChI=1S/C8H7ClO/c1-6-7(5-10)3-2-4-8(6)9/h2-5H,1H3. The quantitative estimate of drug-likeness (QED) is 0.568. The van der Waals surface area contributed by atoms with Crippen LogP contribution in [0.2, 0.25) is 5.02 Å². The Hall–Kier alpha value is -0.820. The van der Waals surface area contributed by atoms with Crippen molar-refractivity contribution in [2.24, 2.45) is 0 Å². The second-order valence-corrected chi connectivity index (χ2v) is 2.48. The zero-order valence-corrected chi connectivity index (χ0v) is 6.35. The first-order valence-corrected chi connectivity index (χ1v) is 3.34. The van der Waals surface area contributed by atoms with Gasteiger partial charge in [-0.05, 0) is 18.6 Å². The van der Waals surface area contributed by atoms with Crippen LogP contribution in [-0.2, 0) is 0 Å². The van der Waals surface area contributed by atoms with Gasteiger partial charge in [-0.3, -0.25) is 4.79 Å². The Morgan fingerprint density at radius 1 is 1.50 bits per heavy atom. The summed E-state index contributed by atoms with van der Waals surface area (Å²) < 4.78 is 0. The van der Waals surface area contributed by atoms with Gasteiger partial charge in [-0.15, -0.1) is 0 Å². The third-order valence-electron chi connectivity index (χ3n) is 1.44. The summed E-state index contributed by atoms with van der Waals surface area (Å²) in [6, 6.07) is 5.27. The minimum absolute atomic E-state index is 0.643. The van der Waals surface area contributed by atoms with E-state index < -0.39 is 0 Å². The number of hydrogen-bond acceptors (Lipinski definition) is 1. The van der Waals surface area contributed by atoms with Crippen molar-refractivity contribution in [3.05, 3.63) is 34.3 Å². The van der Waals surface area contributed by atoms with Crippen molar-refractivity contribution >= 4 is 17.9 Å². The molecule has 1 aromatic rings.